The van der Waals surface area contributed by atoms with Crippen molar-refractivity contribution >= 4 is 24.6 Å². The fourth-order valence-electron chi connectivity index (χ4n) is 0.0718. The summed E-state index contributed by atoms with van der Waals surface area (Å²) in [5.74, 6) is 0. The summed E-state index contributed by atoms with van der Waals surface area (Å²) >= 11 is 3.08. The lowest BCUT2D eigenvalue weighted by atomic mass is 10.9. The molecule has 0 N–H and O–H groups in total. The monoisotopic (exact) mass is 170 g/mol. The van der Waals surface area contributed by atoms with Crippen molar-refractivity contribution in [3.05, 3.63) is 0 Å². The molecule has 0 aromatic heterocycles. The number of hydrogen-bond donors (Lipinski definition) is 0. The minimum atomic E-state index is -0.235. The first-order chi connectivity index (χ1) is 2.91. The molecule has 0 aliphatic heterocycles. The van der Waals surface area contributed by atoms with Crippen molar-refractivity contribution in [1.29, 1.82) is 0 Å². The van der Waals surface area contributed by atoms with Crippen LogP contribution in [0.1, 0.15) is 0 Å². The van der Waals surface area contributed by atoms with Gasteiger partial charge in [-0.3, -0.25) is 4.52 Å². The maximum absolute atomic E-state index is 9.42. The summed E-state index contributed by atoms with van der Waals surface area (Å²) in [6.07, 6.45) is 0. The summed E-state index contributed by atoms with van der Waals surface area (Å²) in [4.78, 5) is 0. The van der Waals surface area contributed by atoms with Crippen LogP contribution in [0.3, 0.4) is 0 Å². The van der Waals surface area contributed by atoms with E-state index in [2.05, 4.69) is 20.5 Å². The molecule has 0 bridgehead atoms. The lowest BCUT2D eigenvalue weighted by molar-refractivity contribution is 0.370. The van der Waals surface area contributed by atoms with Gasteiger partial charge in [0.25, 0.3) is 0 Å². The van der Waals surface area contributed by atoms with Gasteiger partial charge in [-0.05, 0) is 0 Å². The first-order valence-electron chi connectivity index (χ1n) is 1.42. The Balaban J connectivity index is 2.49. The number of rotatable bonds is 3. The standard InChI is InChI=1S/C2H4BrO2P/c3-1-2-5-6-4/h1-2H2. The topological polar surface area (TPSA) is 26.3 Å². The van der Waals surface area contributed by atoms with Gasteiger partial charge in [-0.2, -0.15) is 0 Å². The van der Waals surface area contributed by atoms with Crippen molar-refractivity contribution in [3.8, 4) is 0 Å². The van der Waals surface area contributed by atoms with Crippen molar-refractivity contribution in [2.45, 2.75) is 0 Å². The third-order valence-electron chi connectivity index (χ3n) is 0.221. The van der Waals surface area contributed by atoms with E-state index in [-0.39, 0.29) is 8.69 Å². The minimum Gasteiger partial charge on any atom is -0.294 e. The van der Waals surface area contributed by atoms with Gasteiger partial charge in [0.1, 0.15) is 0 Å². The van der Waals surface area contributed by atoms with Crippen molar-refractivity contribution < 1.29 is 9.09 Å². The quantitative estimate of drug-likeness (QED) is 0.366. The smallest absolute Gasteiger partial charge is 0.294 e. The van der Waals surface area contributed by atoms with Gasteiger partial charge in [0.05, 0.1) is 6.61 Å². The molecule has 0 unspecified atom stereocenters. The molecule has 0 aliphatic carbocycles. The van der Waals surface area contributed by atoms with Crippen LogP contribution in [-0.4, -0.2) is 11.9 Å². The van der Waals surface area contributed by atoms with Crippen molar-refractivity contribution in [2.75, 3.05) is 11.9 Å². The van der Waals surface area contributed by atoms with Gasteiger partial charge >= 0.3 is 8.69 Å². The first kappa shape index (κ1) is 6.54. The molecule has 0 heterocycles. The zero-order chi connectivity index (χ0) is 4.83. The van der Waals surface area contributed by atoms with E-state index in [9.17, 15) is 4.57 Å². The van der Waals surface area contributed by atoms with Crippen molar-refractivity contribution in [3.63, 3.8) is 0 Å². The normalized spacial score (nSPS) is 9.50. The second kappa shape index (κ2) is 5.54. The third-order valence-corrected chi connectivity index (χ3v) is 0.833. The minimum absolute atomic E-state index is 0.235. The van der Waals surface area contributed by atoms with E-state index in [1.807, 2.05) is 0 Å². The highest BCUT2D eigenvalue weighted by atomic mass is 79.9. The van der Waals surface area contributed by atoms with E-state index in [0.29, 0.717) is 6.61 Å². The SMILES string of the molecule is O=POCCBr. The van der Waals surface area contributed by atoms with E-state index >= 15 is 0 Å². The molecule has 0 spiro atoms. The highest BCUT2D eigenvalue weighted by molar-refractivity contribution is 9.09. The summed E-state index contributed by atoms with van der Waals surface area (Å²) in [5.41, 5.74) is 0. The molecule has 0 aromatic carbocycles. The summed E-state index contributed by atoms with van der Waals surface area (Å²) in [6.45, 7) is 0.505. The van der Waals surface area contributed by atoms with Crippen LogP contribution in [-0.2, 0) is 9.09 Å². The van der Waals surface area contributed by atoms with Crippen LogP contribution in [0.15, 0.2) is 0 Å². The van der Waals surface area contributed by atoms with E-state index in [4.69, 9.17) is 0 Å². The third kappa shape index (κ3) is 4.54. The fraction of sp³-hybridized carbons (Fsp3) is 1.00. The van der Waals surface area contributed by atoms with Crippen LogP contribution in [0.4, 0.5) is 0 Å². The second-order valence-electron chi connectivity index (χ2n) is 0.597. The number of alkyl halides is 1. The van der Waals surface area contributed by atoms with Gasteiger partial charge in [-0.25, -0.2) is 4.57 Å². The molecule has 36 valence electrons. The van der Waals surface area contributed by atoms with Gasteiger partial charge in [0.15, 0.2) is 0 Å². The molecule has 0 saturated heterocycles. The van der Waals surface area contributed by atoms with Crippen molar-refractivity contribution in [2.24, 2.45) is 0 Å². The maximum atomic E-state index is 9.42. The fourth-order valence-corrected chi connectivity index (χ4v) is 0.650. The number of hydrogen-bond acceptors (Lipinski definition) is 2. The molecule has 0 aromatic rings. The average molecular weight is 171 g/mol. The lowest BCUT2D eigenvalue weighted by Crippen LogP contribution is -1.79. The van der Waals surface area contributed by atoms with E-state index < -0.39 is 0 Å². The molecular weight excluding hydrogens is 167 g/mol. The molecule has 4 heteroatoms. The molecule has 0 rings (SSSR count). The van der Waals surface area contributed by atoms with E-state index in [0.717, 1.165) is 5.33 Å². The molecule has 0 fully saturated rings. The van der Waals surface area contributed by atoms with Crippen LogP contribution in [0, 0.1) is 0 Å². The van der Waals surface area contributed by atoms with Crippen LogP contribution >= 0.6 is 24.6 Å². The highest BCUT2D eigenvalue weighted by Crippen LogP contribution is 1.93. The van der Waals surface area contributed by atoms with E-state index in [1.54, 1.807) is 0 Å². The highest BCUT2D eigenvalue weighted by Gasteiger charge is 1.76. The molecule has 0 aliphatic rings. The molecule has 0 amide bonds. The maximum Gasteiger partial charge on any atom is 0.327 e. The summed E-state index contributed by atoms with van der Waals surface area (Å²) < 4.78 is 13.8. The van der Waals surface area contributed by atoms with Crippen LogP contribution in [0.5, 0.6) is 0 Å². The van der Waals surface area contributed by atoms with Gasteiger partial charge in [0.2, 0.25) is 0 Å². The lowest BCUT2D eigenvalue weighted by Gasteiger charge is -1.79. The Morgan fingerprint density at radius 2 is 2.50 bits per heavy atom. The predicted molar refractivity (Wildman–Crippen MR) is 27.4 cm³/mol. The molecular formula is C2H4BrO2P. The van der Waals surface area contributed by atoms with Gasteiger partial charge in [-0.1, -0.05) is 15.9 Å². The summed E-state index contributed by atoms with van der Waals surface area (Å²) in [6, 6.07) is 0. The average Bonchev–Trinajstić information content (AvgIpc) is 1.61. The van der Waals surface area contributed by atoms with E-state index in [1.165, 1.54) is 0 Å². The Labute approximate surface area is 46.3 Å². The first-order valence-corrected chi connectivity index (χ1v) is 3.27. The zero-order valence-electron chi connectivity index (χ0n) is 3.06. The van der Waals surface area contributed by atoms with Crippen LogP contribution < -0.4 is 0 Å². The van der Waals surface area contributed by atoms with Crippen molar-refractivity contribution in [1.82, 2.24) is 0 Å². The number of halogens is 1. The Morgan fingerprint density at radius 1 is 1.83 bits per heavy atom. The molecule has 0 atom stereocenters. The molecule has 2 nitrogen and oxygen atoms in total. The Morgan fingerprint density at radius 3 is 2.67 bits per heavy atom. The van der Waals surface area contributed by atoms with Gasteiger partial charge in [-0.15, -0.1) is 0 Å². The Kier molecular flexibility index (Phi) is 6.04. The van der Waals surface area contributed by atoms with Gasteiger partial charge < -0.3 is 0 Å². The second-order valence-corrected chi connectivity index (χ2v) is 1.80. The zero-order valence-corrected chi connectivity index (χ0v) is 5.54. The Bertz CT molecular complexity index is 40.5. The predicted octanol–water partition coefficient (Wildman–Crippen LogP) is 1.60. The van der Waals surface area contributed by atoms with Gasteiger partial charge in [0, 0.05) is 5.33 Å². The summed E-state index contributed by atoms with van der Waals surface area (Å²) in [5, 5.41) is 0.738. The largest absolute Gasteiger partial charge is 0.327 e. The van der Waals surface area contributed by atoms with Crippen LogP contribution in [0.2, 0.25) is 0 Å². The summed E-state index contributed by atoms with van der Waals surface area (Å²) in [7, 11) is -0.235. The molecule has 0 radical (unpaired) electrons. The molecule has 0 saturated carbocycles. The Hall–Kier alpha value is 0.540. The van der Waals surface area contributed by atoms with Crippen LogP contribution in [0.25, 0.3) is 0 Å². The molecule has 6 heavy (non-hydrogen) atoms.